The second kappa shape index (κ2) is 9.76. The van der Waals surface area contributed by atoms with Crippen LogP contribution in [0.4, 0.5) is 5.69 Å². The zero-order chi connectivity index (χ0) is 19.1. The highest BCUT2D eigenvalue weighted by Crippen LogP contribution is 2.27. The Bertz CT molecular complexity index is 660. The van der Waals surface area contributed by atoms with Gasteiger partial charge in [0.1, 0.15) is 0 Å². The van der Waals surface area contributed by atoms with E-state index in [4.69, 9.17) is 0 Å². The summed E-state index contributed by atoms with van der Waals surface area (Å²) in [6, 6.07) is 7.90. The van der Waals surface area contributed by atoms with Gasteiger partial charge in [-0.05, 0) is 36.8 Å². The van der Waals surface area contributed by atoms with Crippen molar-refractivity contribution in [2.45, 2.75) is 40.0 Å². The highest BCUT2D eigenvalue weighted by Gasteiger charge is 2.23. The maximum absolute atomic E-state index is 12.5. The quantitative estimate of drug-likeness (QED) is 0.794. The van der Waals surface area contributed by atoms with E-state index in [0.29, 0.717) is 12.5 Å². The Morgan fingerprint density at radius 2 is 1.92 bits per heavy atom. The topological polar surface area (TPSA) is 66.5 Å². The van der Waals surface area contributed by atoms with Crippen LogP contribution in [0.2, 0.25) is 0 Å². The first kappa shape index (κ1) is 20.5. The summed E-state index contributed by atoms with van der Waals surface area (Å²) in [6.45, 7) is 6.65. The molecule has 0 saturated carbocycles. The summed E-state index contributed by atoms with van der Waals surface area (Å²) < 4.78 is 0. The number of benzene rings is 1. The van der Waals surface area contributed by atoms with Gasteiger partial charge in [-0.2, -0.15) is 0 Å². The Kier molecular flexibility index (Phi) is 7.69. The Hall–Kier alpha value is -1.82. The van der Waals surface area contributed by atoms with Crippen molar-refractivity contribution in [1.82, 2.24) is 5.32 Å². The van der Waals surface area contributed by atoms with Gasteiger partial charge in [0.15, 0.2) is 0 Å². The SMILES string of the molecule is CC(C)C[C@H](C)C(=O)NCC(=O)SCC(=O)N1CCCc2ccccc21. The van der Waals surface area contributed by atoms with Crippen molar-refractivity contribution in [2.75, 3.05) is 23.7 Å². The molecule has 6 heteroatoms. The van der Waals surface area contributed by atoms with Crippen LogP contribution >= 0.6 is 11.8 Å². The molecule has 1 N–H and O–H groups in total. The molecule has 0 aliphatic carbocycles. The van der Waals surface area contributed by atoms with Crippen LogP contribution in [0.25, 0.3) is 0 Å². The Morgan fingerprint density at radius 3 is 2.65 bits per heavy atom. The lowest BCUT2D eigenvalue weighted by Crippen LogP contribution is -2.37. The summed E-state index contributed by atoms with van der Waals surface area (Å²) in [7, 11) is 0. The predicted octanol–water partition coefficient (Wildman–Crippen LogP) is 3.02. The predicted molar refractivity (Wildman–Crippen MR) is 106 cm³/mol. The van der Waals surface area contributed by atoms with Crippen LogP contribution in [-0.4, -0.2) is 35.8 Å². The third-order valence-corrected chi connectivity index (χ3v) is 5.31. The first-order valence-corrected chi connectivity index (χ1v) is 10.2. The van der Waals surface area contributed by atoms with E-state index in [-0.39, 0.29) is 35.1 Å². The van der Waals surface area contributed by atoms with Crippen molar-refractivity contribution in [2.24, 2.45) is 11.8 Å². The Labute approximate surface area is 159 Å². The number of hydrogen-bond acceptors (Lipinski definition) is 4. The van der Waals surface area contributed by atoms with Gasteiger partial charge in [0.2, 0.25) is 16.9 Å². The lowest BCUT2D eigenvalue weighted by atomic mass is 9.98. The third kappa shape index (κ3) is 5.87. The molecule has 1 aromatic carbocycles. The van der Waals surface area contributed by atoms with Gasteiger partial charge in [0, 0.05) is 18.2 Å². The number of fused-ring (bicyclic) bond motifs is 1. The minimum atomic E-state index is -0.186. The van der Waals surface area contributed by atoms with Crippen molar-refractivity contribution in [1.29, 1.82) is 0 Å². The average Bonchev–Trinajstić information content (AvgIpc) is 2.63. The molecule has 0 saturated heterocycles. The molecule has 1 aromatic rings. The summed E-state index contributed by atoms with van der Waals surface area (Å²) in [5, 5.41) is 2.49. The van der Waals surface area contributed by atoms with Crippen LogP contribution in [0, 0.1) is 11.8 Å². The molecular formula is C20H28N2O3S. The van der Waals surface area contributed by atoms with E-state index in [1.807, 2.05) is 31.2 Å². The molecule has 1 atom stereocenters. The number of para-hydroxylation sites is 1. The number of amides is 2. The number of thioether (sulfide) groups is 1. The molecular weight excluding hydrogens is 348 g/mol. The van der Waals surface area contributed by atoms with Crippen molar-refractivity contribution >= 4 is 34.4 Å². The van der Waals surface area contributed by atoms with Gasteiger partial charge < -0.3 is 10.2 Å². The normalized spacial score (nSPS) is 14.7. The molecule has 1 aliphatic rings. The Balaban J connectivity index is 1.77. The number of nitrogens with zero attached hydrogens (tertiary/aromatic N) is 1. The monoisotopic (exact) mass is 376 g/mol. The maximum atomic E-state index is 12.5. The van der Waals surface area contributed by atoms with Crippen LogP contribution in [0.3, 0.4) is 0 Å². The summed E-state index contributed by atoms with van der Waals surface area (Å²) in [5.74, 6) is 0.258. The molecule has 5 nitrogen and oxygen atoms in total. The van der Waals surface area contributed by atoms with Crippen LogP contribution in [0.5, 0.6) is 0 Å². The molecule has 2 rings (SSSR count). The minimum absolute atomic E-state index is 0.0319. The number of hydrogen-bond donors (Lipinski definition) is 1. The molecule has 2 amide bonds. The maximum Gasteiger partial charge on any atom is 0.237 e. The molecule has 142 valence electrons. The van der Waals surface area contributed by atoms with Crippen LogP contribution < -0.4 is 10.2 Å². The molecule has 0 spiro atoms. The van der Waals surface area contributed by atoms with Gasteiger partial charge in [-0.15, -0.1) is 0 Å². The van der Waals surface area contributed by atoms with Gasteiger partial charge >= 0.3 is 0 Å². The summed E-state index contributed by atoms with van der Waals surface area (Å²) in [4.78, 5) is 38.2. The van der Waals surface area contributed by atoms with Gasteiger partial charge in [-0.25, -0.2) is 0 Å². The molecule has 0 unspecified atom stereocenters. The lowest BCUT2D eigenvalue weighted by molar-refractivity contribution is -0.126. The third-order valence-electron chi connectivity index (χ3n) is 4.45. The molecule has 0 radical (unpaired) electrons. The van der Waals surface area contributed by atoms with E-state index in [1.165, 1.54) is 5.56 Å². The fraction of sp³-hybridized carbons (Fsp3) is 0.550. The van der Waals surface area contributed by atoms with E-state index < -0.39 is 0 Å². The second-order valence-electron chi connectivity index (χ2n) is 7.19. The summed E-state index contributed by atoms with van der Waals surface area (Å²) in [5.41, 5.74) is 2.13. The van der Waals surface area contributed by atoms with Gasteiger partial charge in [-0.3, -0.25) is 14.4 Å². The number of anilines is 1. The number of nitrogens with one attached hydrogen (secondary N) is 1. The van der Waals surface area contributed by atoms with E-state index in [9.17, 15) is 14.4 Å². The van der Waals surface area contributed by atoms with E-state index in [1.54, 1.807) is 4.90 Å². The largest absolute Gasteiger partial charge is 0.348 e. The van der Waals surface area contributed by atoms with Crippen molar-refractivity contribution in [3.05, 3.63) is 29.8 Å². The van der Waals surface area contributed by atoms with Crippen molar-refractivity contribution in [3.63, 3.8) is 0 Å². The molecule has 1 aliphatic heterocycles. The van der Waals surface area contributed by atoms with Gasteiger partial charge in [0.25, 0.3) is 0 Å². The number of rotatable bonds is 7. The highest BCUT2D eigenvalue weighted by atomic mass is 32.2. The number of carbonyl (C=O) groups is 3. The van der Waals surface area contributed by atoms with Crippen molar-refractivity contribution < 1.29 is 14.4 Å². The van der Waals surface area contributed by atoms with Crippen LogP contribution in [0.15, 0.2) is 24.3 Å². The summed E-state index contributed by atoms with van der Waals surface area (Å²) >= 11 is 0.976. The average molecular weight is 377 g/mol. The summed E-state index contributed by atoms with van der Waals surface area (Å²) in [6.07, 6.45) is 2.71. The minimum Gasteiger partial charge on any atom is -0.348 e. The standard InChI is InChI=1S/C20H28N2O3S/c1-14(2)11-15(3)20(25)21-12-19(24)26-13-18(23)22-10-6-8-16-7-4-5-9-17(16)22/h4-5,7,9,14-15H,6,8,10-13H2,1-3H3,(H,21,25)/t15-/m0/s1. The number of carbonyl (C=O) groups excluding carboxylic acids is 3. The smallest absolute Gasteiger partial charge is 0.237 e. The zero-order valence-corrected chi connectivity index (χ0v) is 16.6. The molecule has 26 heavy (non-hydrogen) atoms. The molecule has 0 bridgehead atoms. The molecule has 0 aromatic heterocycles. The Morgan fingerprint density at radius 1 is 1.19 bits per heavy atom. The van der Waals surface area contributed by atoms with E-state index >= 15 is 0 Å². The fourth-order valence-corrected chi connectivity index (χ4v) is 3.83. The second-order valence-corrected chi connectivity index (χ2v) is 8.22. The zero-order valence-electron chi connectivity index (χ0n) is 15.8. The first-order valence-electron chi connectivity index (χ1n) is 9.20. The van der Waals surface area contributed by atoms with E-state index in [2.05, 4.69) is 19.2 Å². The molecule has 0 fully saturated rings. The molecule has 1 heterocycles. The van der Waals surface area contributed by atoms with E-state index in [0.717, 1.165) is 36.7 Å². The van der Waals surface area contributed by atoms with Crippen LogP contribution in [0.1, 0.15) is 39.2 Å². The lowest BCUT2D eigenvalue weighted by Gasteiger charge is -2.29. The van der Waals surface area contributed by atoms with Crippen LogP contribution in [-0.2, 0) is 20.8 Å². The fourth-order valence-electron chi connectivity index (χ4n) is 3.21. The van der Waals surface area contributed by atoms with Gasteiger partial charge in [0.05, 0.1) is 12.3 Å². The first-order chi connectivity index (χ1) is 12.4. The van der Waals surface area contributed by atoms with Crippen molar-refractivity contribution in [3.8, 4) is 0 Å². The van der Waals surface area contributed by atoms with Gasteiger partial charge in [-0.1, -0.05) is 50.7 Å². The number of aryl methyl sites for hydroxylation is 1. The highest BCUT2D eigenvalue weighted by molar-refractivity contribution is 8.14.